The molecule has 0 aliphatic carbocycles. The van der Waals surface area contributed by atoms with Crippen LogP contribution in [0.25, 0.3) is 0 Å². The van der Waals surface area contributed by atoms with Crippen LogP contribution in [-0.2, 0) is 9.47 Å². The van der Waals surface area contributed by atoms with Gasteiger partial charge in [0.15, 0.2) is 0 Å². The molecule has 0 bridgehead atoms. The third-order valence-corrected chi connectivity index (χ3v) is 3.17. The highest BCUT2D eigenvalue weighted by atomic mass is 16.7. The first-order valence-electron chi connectivity index (χ1n) is 6.38. The second kappa shape index (κ2) is 6.74. The van der Waals surface area contributed by atoms with Gasteiger partial charge < -0.3 is 14.8 Å². The van der Waals surface area contributed by atoms with E-state index >= 15 is 0 Å². The predicted octanol–water partition coefficient (Wildman–Crippen LogP) is 2.49. The Morgan fingerprint density at radius 2 is 2.18 bits per heavy atom. The summed E-state index contributed by atoms with van der Waals surface area (Å²) in [4.78, 5) is 0. The lowest BCUT2D eigenvalue weighted by atomic mass is 10.0. The second-order valence-corrected chi connectivity index (χ2v) is 4.38. The van der Waals surface area contributed by atoms with E-state index < -0.39 is 0 Å². The maximum absolute atomic E-state index is 5.52. The van der Waals surface area contributed by atoms with Crippen molar-refractivity contribution in [3.63, 3.8) is 0 Å². The van der Waals surface area contributed by atoms with Gasteiger partial charge in [-0.25, -0.2) is 0 Å². The van der Waals surface area contributed by atoms with Crippen LogP contribution in [0.2, 0.25) is 0 Å². The average Bonchev–Trinajstić information content (AvgIpc) is 2.42. The van der Waals surface area contributed by atoms with Gasteiger partial charge in [-0.1, -0.05) is 37.3 Å². The molecule has 0 radical (unpaired) electrons. The maximum Gasteiger partial charge on any atom is 0.147 e. The van der Waals surface area contributed by atoms with E-state index in [2.05, 4.69) is 42.6 Å². The van der Waals surface area contributed by atoms with Crippen LogP contribution < -0.4 is 5.32 Å². The standard InChI is InChI=1S/C14H21NO2/c1-2-14(12-6-4-3-5-7-12)15-10-13-8-9-16-11-17-13/h3-7,13-15H,2,8-11H2,1H3. The third-order valence-electron chi connectivity index (χ3n) is 3.17. The molecule has 17 heavy (non-hydrogen) atoms. The monoisotopic (exact) mass is 235 g/mol. The van der Waals surface area contributed by atoms with E-state index in [1.807, 2.05) is 0 Å². The van der Waals surface area contributed by atoms with Gasteiger partial charge in [-0.05, 0) is 18.4 Å². The molecule has 94 valence electrons. The molecule has 2 unspecified atom stereocenters. The van der Waals surface area contributed by atoms with Gasteiger partial charge >= 0.3 is 0 Å². The molecule has 1 aliphatic rings. The molecule has 0 saturated carbocycles. The molecule has 1 saturated heterocycles. The van der Waals surface area contributed by atoms with Gasteiger partial charge in [-0.15, -0.1) is 0 Å². The highest BCUT2D eigenvalue weighted by Crippen LogP contribution is 2.16. The Morgan fingerprint density at radius 3 is 2.82 bits per heavy atom. The van der Waals surface area contributed by atoms with Gasteiger partial charge in [0.1, 0.15) is 6.79 Å². The lowest BCUT2D eigenvalue weighted by Gasteiger charge is -2.25. The van der Waals surface area contributed by atoms with Crippen molar-refractivity contribution in [2.24, 2.45) is 0 Å². The zero-order valence-electron chi connectivity index (χ0n) is 10.4. The van der Waals surface area contributed by atoms with Crippen LogP contribution in [0, 0.1) is 0 Å². The first-order chi connectivity index (χ1) is 8.40. The number of rotatable bonds is 5. The van der Waals surface area contributed by atoms with Crippen molar-refractivity contribution < 1.29 is 9.47 Å². The first kappa shape index (κ1) is 12.6. The fourth-order valence-electron chi connectivity index (χ4n) is 2.12. The smallest absolute Gasteiger partial charge is 0.147 e. The molecule has 3 nitrogen and oxygen atoms in total. The van der Waals surface area contributed by atoms with Gasteiger partial charge in [0.05, 0.1) is 12.7 Å². The maximum atomic E-state index is 5.52. The normalized spacial score (nSPS) is 22.3. The minimum absolute atomic E-state index is 0.293. The van der Waals surface area contributed by atoms with E-state index in [4.69, 9.17) is 9.47 Å². The minimum Gasteiger partial charge on any atom is -0.355 e. The average molecular weight is 235 g/mol. The number of ether oxygens (including phenoxy) is 2. The highest BCUT2D eigenvalue weighted by molar-refractivity contribution is 5.18. The summed E-state index contributed by atoms with van der Waals surface area (Å²) in [6, 6.07) is 11.0. The molecular formula is C14H21NO2. The molecule has 1 aromatic rings. The zero-order valence-corrected chi connectivity index (χ0v) is 10.4. The van der Waals surface area contributed by atoms with E-state index in [-0.39, 0.29) is 0 Å². The number of hydrogen-bond acceptors (Lipinski definition) is 3. The van der Waals surface area contributed by atoms with Crippen LogP contribution in [0.15, 0.2) is 30.3 Å². The molecular weight excluding hydrogens is 214 g/mol. The van der Waals surface area contributed by atoms with Crippen molar-refractivity contribution in [2.75, 3.05) is 19.9 Å². The van der Waals surface area contributed by atoms with Crippen molar-refractivity contribution in [2.45, 2.75) is 31.9 Å². The molecule has 1 aliphatic heterocycles. The molecule has 1 heterocycles. The van der Waals surface area contributed by atoms with Crippen LogP contribution in [-0.4, -0.2) is 26.0 Å². The summed E-state index contributed by atoms with van der Waals surface area (Å²) < 4.78 is 10.7. The highest BCUT2D eigenvalue weighted by Gasteiger charge is 2.16. The number of hydrogen-bond donors (Lipinski definition) is 1. The second-order valence-electron chi connectivity index (χ2n) is 4.38. The lowest BCUT2D eigenvalue weighted by Crippen LogP contribution is -2.35. The summed E-state index contributed by atoms with van der Waals surface area (Å²) in [7, 11) is 0. The summed E-state index contributed by atoms with van der Waals surface area (Å²) in [6.45, 7) is 4.36. The van der Waals surface area contributed by atoms with Crippen LogP contribution in [0.3, 0.4) is 0 Å². The van der Waals surface area contributed by atoms with Crippen LogP contribution >= 0.6 is 0 Å². The van der Waals surface area contributed by atoms with E-state index in [1.165, 1.54) is 5.56 Å². The van der Waals surface area contributed by atoms with Crippen molar-refractivity contribution in [1.29, 1.82) is 0 Å². The van der Waals surface area contributed by atoms with E-state index in [1.54, 1.807) is 0 Å². The molecule has 1 N–H and O–H groups in total. The number of benzene rings is 1. The van der Waals surface area contributed by atoms with Crippen molar-refractivity contribution in [3.05, 3.63) is 35.9 Å². The third kappa shape index (κ3) is 3.80. The minimum atomic E-state index is 0.293. The Hall–Kier alpha value is -0.900. The van der Waals surface area contributed by atoms with E-state index in [9.17, 15) is 0 Å². The van der Waals surface area contributed by atoms with Crippen molar-refractivity contribution >= 4 is 0 Å². The topological polar surface area (TPSA) is 30.5 Å². The van der Waals surface area contributed by atoms with Gasteiger partial charge in [0.25, 0.3) is 0 Å². The lowest BCUT2D eigenvalue weighted by molar-refractivity contribution is -0.137. The summed E-state index contributed by atoms with van der Waals surface area (Å²) in [6.07, 6.45) is 2.37. The molecule has 1 aromatic carbocycles. The van der Waals surface area contributed by atoms with Crippen LogP contribution in [0.1, 0.15) is 31.4 Å². The largest absolute Gasteiger partial charge is 0.355 e. The Bertz CT molecular complexity index is 309. The molecule has 3 heteroatoms. The molecule has 1 fully saturated rings. The van der Waals surface area contributed by atoms with E-state index in [0.29, 0.717) is 18.9 Å². The zero-order chi connectivity index (χ0) is 11.9. The number of nitrogens with one attached hydrogen (secondary N) is 1. The summed E-state index contributed by atoms with van der Waals surface area (Å²) in [5.41, 5.74) is 1.35. The fourth-order valence-corrected chi connectivity index (χ4v) is 2.12. The van der Waals surface area contributed by atoms with Gasteiger partial charge in [-0.2, -0.15) is 0 Å². The molecule has 2 atom stereocenters. The Balaban J connectivity index is 1.83. The van der Waals surface area contributed by atoms with Crippen LogP contribution in [0.4, 0.5) is 0 Å². The summed E-state index contributed by atoms with van der Waals surface area (Å²) in [5, 5.41) is 3.57. The van der Waals surface area contributed by atoms with Crippen LogP contribution in [0.5, 0.6) is 0 Å². The molecule has 0 amide bonds. The fraction of sp³-hybridized carbons (Fsp3) is 0.571. The Labute approximate surface area is 103 Å². The quantitative estimate of drug-likeness (QED) is 0.850. The Morgan fingerprint density at radius 1 is 1.35 bits per heavy atom. The SMILES string of the molecule is CCC(NCC1CCOCO1)c1ccccc1. The van der Waals surface area contributed by atoms with Gasteiger partial charge in [-0.3, -0.25) is 0 Å². The van der Waals surface area contributed by atoms with E-state index in [0.717, 1.165) is 26.0 Å². The van der Waals surface area contributed by atoms with Crippen molar-refractivity contribution in [1.82, 2.24) is 5.32 Å². The Kier molecular flexibility index (Phi) is 4.98. The first-order valence-corrected chi connectivity index (χ1v) is 6.38. The molecule has 0 spiro atoms. The van der Waals surface area contributed by atoms with Gasteiger partial charge in [0, 0.05) is 12.6 Å². The van der Waals surface area contributed by atoms with Crippen molar-refractivity contribution in [3.8, 4) is 0 Å². The summed E-state index contributed by atoms with van der Waals surface area (Å²) >= 11 is 0. The van der Waals surface area contributed by atoms with Gasteiger partial charge in [0.2, 0.25) is 0 Å². The molecule has 0 aromatic heterocycles. The summed E-state index contributed by atoms with van der Waals surface area (Å²) in [5.74, 6) is 0. The molecule has 2 rings (SSSR count). The predicted molar refractivity (Wildman–Crippen MR) is 67.8 cm³/mol.